The molecule has 0 nitrogen and oxygen atoms in total. The molecule has 0 amide bonds. The molecule has 90 valence electrons. The topological polar surface area (TPSA) is 0 Å². The predicted octanol–water partition coefficient (Wildman–Crippen LogP) is 4.90. The normalized spacial score (nSPS) is 12.1. The molecular weight excluding hydrogens is 335 g/mol. The van der Waals surface area contributed by atoms with E-state index < -0.39 is 0 Å². The van der Waals surface area contributed by atoms with E-state index in [1.165, 1.54) is 6.07 Å². The molecular formula is C13H17Br2F. The van der Waals surface area contributed by atoms with E-state index >= 15 is 0 Å². The minimum absolute atomic E-state index is 0.109. The van der Waals surface area contributed by atoms with Crippen molar-refractivity contribution < 1.29 is 4.39 Å². The minimum Gasteiger partial charge on any atom is -0.207 e. The van der Waals surface area contributed by atoms with E-state index in [2.05, 4.69) is 45.7 Å². The average molecular weight is 352 g/mol. The molecule has 0 heterocycles. The molecule has 0 aliphatic heterocycles. The van der Waals surface area contributed by atoms with Crippen LogP contribution in [-0.2, 0) is 5.41 Å². The van der Waals surface area contributed by atoms with Gasteiger partial charge in [0, 0.05) is 16.1 Å². The number of benzene rings is 1. The Labute approximate surface area is 114 Å². The van der Waals surface area contributed by atoms with Crippen LogP contribution in [0.5, 0.6) is 0 Å². The summed E-state index contributed by atoms with van der Waals surface area (Å²) in [5, 5.41) is 1.54. The van der Waals surface area contributed by atoms with Gasteiger partial charge in [0.15, 0.2) is 0 Å². The SMILES string of the molecule is CC(C)CC(CBr)(CBr)c1ccccc1F. The molecule has 0 radical (unpaired) electrons. The van der Waals surface area contributed by atoms with Gasteiger partial charge in [-0.15, -0.1) is 0 Å². The zero-order valence-corrected chi connectivity index (χ0v) is 12.8. The zero-order valence-electron chi connectivity index (χ0n) is 9.64. The maximum atomic E-state index is 13.9. The van der Waals surface area contributed by atoms with Gasteiger partial charge < -0.3 is 0 Å². The molecule has 1 aromatic carbocycles. The van der Waals surface area contributed by atoms with E-state index in [4.69, 9.17) is 0 Å². The lowest BCUT2D eigenvalue weighted by Crippen LogP contribution is -2.33. The van der Waals surface area contributed by atoms with Crippen molar-refractivity contribution in [3.05, 3.63) is 35.6 Å². The first-order valence-corrected chi connectivity index (χ1v) is 7.67. The number of alkyl halides is 2. The molecule has 0 saturated carbocycles. The molecule has 1 rings (SSSR count). The summed E-state index contributed by atoms with van der Waals surface area (Å²) >= 11 is 7.07. The van der Waals surface area contributed by atoms with Crippen LogP contribution in [0.15, 0.2) is 24.3 Å². The monoisotopic (exact) mass is 350 g/mol. The minimum atomic E-state index is -0.153. The summed E-state index contributed by atoms with van der Waals surface area (Å²) in [4.78, 5) is 0. The molecule has 0 saturated heterocycles. The van der Waals surface area contributed by atoms with Crippen LogP contribution in [0.1, 0.15) is 25.8 Å². The molecule has 0 unspecified atom stereocenters. The Morgan fingerprint density at radius 3 is 2.19 bits per heavy atom. The van der Waals surface area contributed by atoms with Gasteiger partial charge in [-0.1, -0.05) is 63.9 Å². The van der Waals surface area contributed by atoms with Gasteiger partial charge in [0.2, 0.25) is 0 Å². The Morgan fingerprint density at radius 2 is 1.75 bits per heavy atom. The molecule has 0 fully saturated rings. The highest BCUT2D eigenvalue weighted by Crippen LogP contribution is 2.36. The lowest BCUT2D eigenvalue weighted by Gasteiger charge is -2.32. The molecule has 0 N–H and O–H groups in total. The predicted molar refractivity (Wildman–Crippen MR) is 75.1 cm³/mol. The highest BCUT2D eigenvalue weighted by molar-refractivity contribution is 9.09. The largest absolute Gasteiger partial charge is 0.207 e. The van der Waals surface area contributed by atoms with Gasteiger partial charge in [-0.2, -0.15) is 0 Å². The van der Waals surface area contributed by atoms with Crippen LogP contribution in [0.3, 0.4) is 0 Å². The average Bonchev–Trinajstić information content (AvgIpc) is 2.26. The standard InChI is InChI=1S/C13H17Br2F/c1-10(2)7-13(8-14,9-15)11-5-3-4-6-12(11)16/h3-6,10H,7-9H2,1-2H3. The quantitative estimate of drug-likeness (QED) is 0.662. The lowest BCUT2D eigenvalue weighted by molar-refractivity contribution is 0.401. The molecule has 0 atom stereocenters. The second kappa shape index (κ2) is 6.15. The molecule has 0 spiro atoms. The van der Waals surface area contributed by atoms with Gasteiger partial charge in [-0.05, 0) is 24.0 Å². The summed E-state index contributed by atoms with van der Waals surface area (Å²) < 4.78 is 13.9. The molecule has 1 aromatic rings. The first-order chi connectivity index (χ1) is 7.55. The second-order valence-corrected chi connectivity index (χ2v) is 5.75. The first-order valence-electron chi connectivity index (χ1n) is 5.42. The van der Waals surface area contributed by atoms with Crippen LogP contribution >= 0.6 is 31.9 Å². The number of hydrogen-bond acceptors (Lipinski definition) is 0. The Balaban J connectivity index is 3.15. The molecule has 0 aliphatic carbocycles. The maximum absolute atomic E-state index is 13.9. The molecule has 0 aliphatic rings. The van der Waals surface area contributed by atoms with Gasteiger partial charge in [-0.25, -0.2) is 4.39 Å². The van der Waals surface area contributed by atoms with Crippen LogP contribution in [-0.4, -0.2) is 10.7 Å². The first kappa shape index (κ1) is 14.2. The Morgan fingerprint density at radius 1 is 1.19 bits per heavy atom. The Kier molecular flexibility index (Phi) is 5.45. The van der Waals surface area contributed by atoms with Crippen molar-refractivity contribution in [3.63, 3.8) is 0 Å². The van der Waals surface area contributed by atoms with E-state index in [-0.39, 0.29) is 11.2 Å². The third kappa shape index (κ3) is 3.07. The number of halogens is 3. The highest BCUT2D eigenvalue weighted by atomic mass is 79.9. The van der Waals surface area contributed by atoms with Crippen LogP contribution in [0.2, 0.25) is 0 Å². The van der Waals surface area contributed by atoms with Gasteiger partial charge in [-0.3, -0.25) is 0 Å². The van der Waals surface area contributed by atoms with Gasteiger partial charge in [0.05, 0.1) is 0 Å². The lowest BCUT2D eigenvalue weighted by atomic mass is 9.77. The smallest absolute Gasteiger partial charge is 0.127 e. The number of rotatable bonds is 5. The Bertz CT molecular complexity index is 332. The molecule has 16 heavy (non-hydrogen) atoms. The summed E-state index contributed by atoms with van der Waals surface area (Å²) in [6.45, 7) is 4.34. The fourth-order valence-corrected chi connectivity index (χ4v) is 4.06. The summed E-state index contributed by atoms with van der Waals surface area (Å²) in [6, 6.07) is 7.07. The van der Waals surface area contributed by atoms with Crippen LogP contribution < -0.4 is 0 Å². The third-order valence-electron chi connectivity index (χ3n) is 2.76. The van der Waals surface area contributed by atoms with E-state index in [9.17, 15) is 4.39 Å². The van der Waals surface area contributed by atoms with Crippen molar-refractivity contribution in [2.24, 2.45) is 5.92 Å². The fraction of sp³-hybridized carbons (Fsp3) is 0.538. The summed E-state index contributed by atoms with van der Waals surface area (Å²) in [6.07, 6.45) is 0.963. The van der Waals surface area contributed by atoms with Crippen LogP contribution in [0, 0.1) is 11.7 Å². The Hall–Kier alpha value is 0.110. The van der Waals surface area contributed by atoms with E-state index in [0.717, 1.165) is 22.6 Å². The summed E-state index contributed by atoms with van der Waals surface area (Å²) in [5.41, 5.74) is 0.650. The van der Waals surface area contributed by atoms with Gasteiger partial charge in [0.1, 0.15) is 5.82 Å². The summed E-state index contributed by atoms with van der Waals surface area (Å²) in [5.74, 6) is 0.428. The van der Waals surface area contributed by atoms with Crippen molar-refractivity contribution in [3.8, 4) is 0 Å². The molecule has 0 aromatic heterocycles. The van der Waals surface area contributed by atoms with Gasteiger partial charge in [0.25, 0.3) is 0 Å². The van der Waals surface area contributed by atoms with Crippen LogP contribution in [0.25, 0.3) is 0 Å². The van der Waals surface area contributed by atoms with Crippen molar-refractivity contribution in [1.82, 2.24) is 0 Å². The van der Waals surface area contributed by atoms with Crippen molar-refractivity contribution in [1.29, 1.82) is 0 Å². The second-order valence-electron chi connectivity index (χ2n) is 4.63. The maximum Gasteiger partial charge on any atom is 0.127 e. The van der Waals surface area contributed by atoms with E-state index in [1.54, 1.807) is 6.07 Å². The fourth-order valence-electron chi connectivity index (χ4n) is 2.07. The van der Waals surface area contributed by atoms with Crippen molar-refractivity contribution in [2.75, 3.05) is 10.7 Å². The third-order valence-corrected chi connectivity index (χ3v) is 4.90. The molecule has 0 bridgehead atoms. The van der Waals surface area contributed by atoms with Crippen molar-refractivity contribution in [2.45, 2.75) is 25.7 Å². The number of hydrogen-bond donors (Lipinski definition) is 0. The van der Waals surface area contributed by atoms with E-state index in [1.807, 2.05) is 12.1 Å². The van der Waals surface area contributed by atoms with E-state index in [0.29, 0.717) is 5.92 Å². The summed E-state index contributed by atoms with van der Waals surface area (Å²) in [7, 11) is 0. The zero-order chi connectivity index (χ0) is 12.2. The molecule has 3 heteroatoms. The van der Waals surface area contributed by atoms with Crippen molar-refractivity contribution >= 4 is 31.9 Å². The van der Waals surface area contributed by atoms with Crippen LogP contribution in [0.4, 0.5) is 4.39 Å². The van der Waals surface area contributed by atoms with Gasteiger partial charge >= 0.3 is 0 Å². The highest BCUT2D eigenvalue weighted by Gasteiger charge is 2.33.